The molecule has 3 nitrogen and oxygen atoms in total. The quantitative estimate of drug-likeness (QED) is 0.702. The summed E-state index contributed by atoms with van der Waals surface area (Å²) in [4.78, 5) is 0. The van der Waals surface area contributed by atoms with Gasteiger partial charge < -0.3 is 14.2 Å². The van der Waals surface area contributed by atoms with Crippen molar-refractivity contribution in [3.63, 3.8) is 0 Å². The monoisotopic (exact) mass is 215 g/mol. The summed E-state index contributed by atoms with van der Waals surface area (Å²) in [6.45, 7) is 2.16. The second-order valence-corrected chi connectivity index (χ2v) is 4.06. The summed E-state index contributed by atoms with van der Waals surface area (Å²) in [7, 11) is 5.23. The van der Waals surface area contributed by atoms with Gasteiger partial charge in [0.2, 0.25) is 0 Å². The molecular formula is C12H23O3. The molecule has 0 aliphatic heterocycles. The Bertz CT molecular complexity index is 172. The van der Waals surface area contributed by atoms with Crippen molar-refractivity contribution in [1.82, 2.24) is 0 Å². The number of rotatable bonds is 5. The third-order valence-electron chi connectivity index (χ3n) is 3.28. The highest BCUT2D eigenvalue weighted by Gasteiger charge is 2.39. The van der Waals surface area contributed by atoms with Crippen LogP contribution in [0.1, 0.15) is 26.2 Å². The minimum atomic E-state index is 0.0570. The van der Waals surface area contributed by atoms with Crippen molar-refractivity contribution in [2.45, 2.75) is 44.5 Å². The summed E-state index contributed by atoms with van der Waals surface area (Å²) in [5.74, 6) is 0.497. The standard InChI is InChI=1S/C12H23O3/c1-5-6-9-7-8-10(13-2)12(15-4)11(9)14-3/h6,9-12H,5,7-8H2,1-4H3. The van der Waals surface area contributed by atoms with E-state index >= 15 is 0 Å². The van der Waals surface area contributed by atoms with Crippen LogP contribution in [0.3, 0.4) is 0 Å². The molecular weight excluding hydrogens is 192 g/mol. The Morgan fingerprint density at radius 3 is 2.13 bits per heavy atom. The van der Waals surface area contributed by atoms with Crippen molar-refractivity contribution in [3.05, 3.63) is 6.42 Å². The molecule has 0 aromatic rings. The smallest absolute Gasteiger partial charge is 0.110 e. The number of ether oxygens (including phenoxy) is 3. The van der Waals surface area contributed by atoms with Gasteiger partial charge in [-0.3, -0.25) is 0 Å². The van der Waals surface area contributed by atoms with Gasteiger partial charge in [0, 0.05) is 21.3 Å². The van der Waals surface area contributed by atoms with Crippen molar-refractivity contribution in [2.75, 3.05) is 21.3 Å². The number of hydrogen-bond donors (Lipinski definition) is 0. The maximum atomic E-state index is 5.56. The molecule has 0 spiro atoms. The van der Waals surface area contributed by atoms with Gasteiger partial charge in [-0.05, 0) is 25.2 Å². The lowest BCUT2D eigenvalue weighted by atomic mass is 9.80. The van der Waals surface area contributed by atoms with E-state index in [0.29, 0.717) is 5.92 Å². The molecule has 89 valence electrons. The lowest BCUT2D eigenvalue weighted by Gasteiger charge is -2.40. The summed E-state index contributed by atoms with van der Waals surface area (Å²) >= 11 is 0. The predicted octanol–water partition coefficient (Wildman–Crippen LogP) is 2.06. The average molecular weight is 215 g/mol. The maximum Gasteiger partial charge on any atom is 0.110 e. The van der Waals surface area contributed by atoms with E-state index in [-0.39, 0.29) is 18.3 Å². The Hall–Kier alpha value is -0.120. The van der Waals surface area contributed by atoms with Crippen LogP contribution >= 0.6 is 0 Å². The molecule has 15 heavy (non-hydrogen) atoms. The van der Waals surface area contributed by atoms with Gasteiger partial charge in [-0.15, -0.1) is 0 Å². The van der Waals surface area contributed by atoms with E-state index in [1.807, 2.05) is 0 Å². The fraction of sp³-hybridized carbons (Fsp3) is 0.917. The average Bonchev–Trinajstić information content (AvgIpc) is 2.28. The zero-order chi connectivity index (χ0) is 11.3. The van der Waals surface area contributed by atoms with Crippen LogP contribution in [0.2, 0.25) is 0 Å². The molecule has 1 rings (SSSR count). The molecule has 1 fully saturated rings. The zero-order valence-corrected chi connectivity index (χ0v) is 10.2. The highest BCUT2D eigenvalue weighted by Crippen LogP contribution is 2.32. The van der Waals surface area contributed by atoms with Crippen molar-refractivity contribution in [3.8, 4) is 0 Å². The van der Waals surface area contributed by atoms with Crippen molar-refractivity contribution < 1.29 is 14.2 Å². The van der Waals surface area contributed by atoms with E-state index in [1.165, 1.54) is 0 Å². The topological polar surface area (TPSA) is 27.7 Å². The van der Waals surface area contributed by atoms with Gasteiger partial charge >= 0.3 is 0 Å². The second-order valence-electron chi connectivity index (χ2n) is 4.06. The minimum Gasteiger partial charge on any atom is -0.379 e. The summed E-state index contributed by atoms with van der Waals surface area (Å²) in [6.07, 6.45) is 5.95. The number of methoxy groups -OCH3 is 3. The molecule has 0 N–H and O–H groups in total. The molecule has 0 aromatic heterocycles. The zero-order valence-electron chi connectivity index (χ0n) is 10.2. The van der Waals surface area contributed by atoms with Gasteiger partial charge in [0.25, 0.3) is 0 Å². The lowest BCUT2D eigenvalue weighted by Crippen LogP contribution is -2.49. The van der Waals surface area contributed by atoms with Crippen molar-refractivity contribution in [2.24, 2.45) is 5.92 Å². The fourth-order valence-electron chi connectivity index (χ4n) is 2.54. The Kier molecular flexibility index (Phi) is 5.58. The van der Waals surface area contributed by atoms with E-state index in [4.69, 9.17) is 14.2 Å². The first-order valence-electron chi connectivity index (χ1n) is 5.70. The van der Waals surface area contributed by atoms with Crippen LogP contribution in [0.5, 0.6) is 0 Å². The van der Waals surface area contributed by atoms with Crippen LogP contribution in [0, 0.1) is 12.3 Å². The van der Waals surface area contributed by atoms with Gasteiger partial charge in [0.1, 0.15) is 6.10 Å². The first-order chi connectivity index (χ1) is 7.28. The van der Waals surface area contributed by atoms with E-state index in [9.17, 15) is 0 Å². The highest BCUT2D eigenvalue weighted by atomic mass is 16.6. The Morgan fingerprint density at radius 2 is 1.67 bits per heavy atom. The maximum absolute atomic E-state index is 5.56. The van der Waals surface area contributed by atoms with E-state index in [0.717, 1.165) is 19.3 Å². The van der Waals surface area contributed by atoms with Crippen molar-refractivity contribution in [1.29, 1.82) is 0 Å². The normalized spacial score (nSPS) is 36.8. The third-order valence-corrected chi connectivity index (χ3v) is 3.28. The van der Waals surface area contributed by atoms with Crippen LogP contribution in [0.25, 0.3) is 0 Å². The third kappa shape index (κ3) is 2.92. The van der Waals surface area contributed by atoms with Gasteiger partial charge in [-0.1, -0.05) is 13.3 Å². The molecule has 0 amide bonds. The van der Waals surface area contributed by atoms with Gasteiger partial charge in [0.15, 0.2) is 0 Å². The molecule has 4 atom stereocenters. The molecule has 0 saturated heterocycles. The van der Waals surface area contributed by atoms with Crippen molar-refractivity contribution >= 4 is 0 Å². The molecule has 0 aromatic carbocycles. The Balaban J connectivity index is 2.65. The predicted molar refractivity (Wildman–Crippen MR) is 59.7 cm³/mol. The highest BCUT2D eigenvalue weighted by molar-refractivity contribution is 4.95. The van der Waals surface area contributed by atoms with Gasteiger partial charge in [-0.25, -0.2) is 0 Å². The largest absolute Gasteiger partial charge is 0.379 e. The molecule has 3 heteroatoms. The minimum absolute atomic E-state index is 0.0570. The molecule has 1 aliphatic rings. The van der Waals surface area contributed by atoms with Crippen LogP contribution < -0.4 is 0 Å². The van der Waals surface area contributed by atoms with Crippen LogP contribution in [-0.4, -0.2) is 39.6 Å². The molecule has 1 saturated carbocycles. The summed E-state index contributed by atoms with van der Waals surface area (Å²) < 4.78 is 16.5. The fourth-order valence-corrected chi connectivity index (χ4v) is 2.54. The lowest BCUT2D eigenvalue weighted by molar-refractivity contribution is -0.144. The van der Waals surface area contributed by atoms with Crippen LogP contribution in [-0.2, 0) is 14.2 Å². The van der Waals surface area contributed by atoms with E-state index in [1.54, 1.807) is 21.3 Å². The molecule has 1 aliphatic carbocycles. The summed E-state index contributed by atoms with van der Waals surface area (Å²) in [5, 5.41) is 0. The Labute approximate surface area is 93.1 Å². The molecule has 1 radical (unpaired) electrons. The van der Waals surface area contributed by atoms with Gasteiger partial charge in [0.05, 0.1) is 12.2 Å². The first kappa shape index (κ1) is 12.9. The first-order valence-corrected chi connectivity index (χ1v) is 5.70. The Morgan fingerprint density at radius 1 is 1.00 bits per heavy atom. The SMILES string of the molecule is CC[CH]C1CCC(OC)C(OC)C1OC. The van der Waals surface area contributed by atoms with Crippen LogP contribution in [0.15, 0.2) is 0 Å². The second kappa shape index (κ2) is 6.46. The molecule has 0 heterocycles. The molecule has 0 bridgehead atoms. The summed E-state index contributed by atoms with van der Waals surface area (Å²) in [5.41, 5.74) is 0. The van der Waals surface area contributed by atoms with E-state index < -0.39 is 0 Å². The van der Waals surface area contributed by atoms with Gasteiger partial charge in [-0.2, -0.15) is 0 Å². The summed E-state index contributed by atoms with van der Waals surface area (Å²) in [6, 6.07) is 0. The van der Waals surface area contributed by atoms with Crippen LogP contribution in [0.4, 0.5) is 0 Å². The number of hydrogen-bond acceptors (Lipinski definition) is 3. The van der Waals surface area contributed by atoms with E-state index in [2.05, 4.69) is 13.3 Å². The molecule has 4 unspecified atom stereocenters.